The highest BCUT2D eigenvalue weighted by Gasteiger charge is 2.44. The van der Waals surface area contributed by atoms with Crippen LogP contribution in [0, 0.1) is 0 Å². The molecule has 0 aromatic heterocycles. The van der Waals surface area contributed by atoms with E-state index >= 15 is 0 Å². The van der Waals surface area contributed by atoms with Crippen LogP contribution in [0.5, 0.6) is 5.75 Å². The molecule has 1 aromatic carbocycles. The Bertz CT molecular complexity index is 451. The molecule has 2 aliphatic heterocycles. The van der Waals surface area contributed by atoms with E-state index in [0.29, 0.717) is 6.42 Å². The Morgan fingerprint density at radius 2 is 2.35 bits per heavy atom. The Morgan fingerprint density at radius 3 is 3.06 bits per heavy atom. The summed E-state index contributed by atoms with van der Waals surface area (Å²) in [6.07, 6.45) is 1.29. The Hall–Kier alpha value is -0.580. The predicted molar refractivity (Wildman–Crippen MR) is 69.2 cm³/mol. The molecule has 3 rings (SSSR count). The number of aliphatic hydroxyl groups excluding tert-OH is 1. The van der Waals surface area contributed by atoms with Gasteiger partial charge in [0.1, 0.15) is 11.4 Å². The van der Waals surface area contributed by atoms with Gasteiger partial charge >= 0.3 is 0 Å². The first-order valence-corrected chi connectivity index (χ1v) is 6.72. The molecule has 3 nitrogen and oxygen atoms in total. The lowest BCUT2D eigenvalue weighted by Gasteiger charge is -2.38. The average molecular weight is 298 g/mol. The molecule has 1 N–H and O–H groups in total. The maximum absolute atomic E-state index is 10.3. The number of likely N-dealkylation sites (tertiary alicyclic amines) is 1. The summed E-state index contributed by atoms with van der Waals surface area (Å²) in [5.41, 5.74) is 0.718. The van der Waals surface area contributed by atoms with Gasteiger partial charge in [0.15, 0.2) is 0 Å². The van der Waals surface area contributed by atoms with E-state index < -0.39 is 6.10 Å². The van der Waals surface area contributed by atoms with Gasteiger partial charge in [-0.3, -0.25) is 0 Å². The zero-order valence-electron chi connectivity index (χ0n) is 9.82. The van der Waals surface area contributed by atoms with Gasteiger partial charge in [-0.15, -0.1) is 0 Å². The molecule has 2 aliphatic rings. The summed E-state index contributed by atoms with van der Waals surface area (Å²) >= 11 is 3.45. The van der Waals surface area contributed by atoms with Crippen molar-refractivity contribution in [3.05, 3.63) is 28.2 Å². The van der Waals surface area contributed by atoms with Gasteiger partial charge in [0, 0.05) is 36.0 Å². The van der Waals surface area contributed by atoms with Crippen LogP contribution in [0.2, 0.25) is 0 Å². The number of aliphatic hydroxyl groups is 1. The standard InChI is InChI=1S/C13H16BrNO2/c1-15-5-4-13(8-15)7-11(16)10-3-2-9(14)6-12(10)17-13/h2-3,6,11,16H,4-5,7-8H2,1H3. The minimum Gasteiger partial charge on any atom is -0.485 e. The van der Waals surface area contributed by atoms with Crippen LogP contribution in [0.3, 0.4) is 0 Å². The van der Waals surface area contributed by atoms with Gasteiger partial charge in [-0.25, -0.2) is 0 Å². The van der Waals surface area contributed by atoms with Gasteiger partial charge in [0.05, 0.1) is 6.10 Å². The molecule has 0 saturated carbocycles. The Morgan fingerprint density at radius 1 is 1.53 bits per heavy atom. The van der Waals surface area contributed by atoms with Crippen molar-refractivity contribution >= 4 is 15.9 Å². The van der Waals surface area contributed by atoms with Crippen LogP contribution in [0.4, 0.5) is 0 Å². The molecule has 17 heavy (non-hydrogen) atoms. The van der Waals surface area contributed by atoms with E-state index in [1.165, 1.54) is 0 Å². The molecule has 2 atom stereocenters. The molecule has 1 saturated heterocycles. The average Bonchev–Trinajstić information content (AvgIpc) is 2.58. The topological polar surface area (TPSA) is 32.7 Å². The van der Waals surface area contributed by atoms with Crippen LogP contribution in [0.25, 0.3) is 0 Å². The van der Waals surface area contributed by atoms with Gasteiger partial charge in [0.25, 0.3) is 0 Å². The monoisotopic (exact) mass is 297 g/mol. The van der Waals surface area contributed by atoms with E-state index in [1.54, 1.807) is 0 Å². The first-order chi connectivity index (χ1) is 8.08. The molecular formula is C13H16BrNO2. The molecule has 1 aromatic rings. The molecule has 0 aliphatic carbocycles. The lowest BCUT2D eigenvalue weighted by molar-refractivity contribution is -0.00583. The molecular weight excluding hydrogens is 282 g/mol. The summed E-state index contributed by atoms with van der Waals surface area (Å²) in [4.78, 5) is 2.26. The zero-order valence-corrected chi connectivity index (χ0v) is 11.4. The summed E-state index contributed by atoms with van der Waals surface area (Å²) < 4.78 is 7.16. The number of nitrogens with zero attached hydrogens (tertiary/aromatic N) is 1. The van der Waals surface area contributed by atoms with E-state index in [1.807, 2.05) is 18.2 Å². The minimum absolute atomic E-state index is 0.192. The van der Waals surface area contributed by atoms with Crippen LogP contribution < -0.4 is 4.74 Å². The van der Waals surface area contributed by atoms with Crippen LogP contribution in [0.1, 0.15) is 24.5 Å². The molecule has 1 fully saturated rings. The second-order valence-corrected chi connectivity index (χ2v) is 6.09. The van der Waals surface area contributed by atoms with Crippen LogP contribution in [0.15, 0.2) is 22.7 Å². The Balaban J connectivity index is 1.97. The quantitative estimate of drug-likeness (QED) is 0.798. The fraction of sp³-hybridized carbons (Fsp3) is 0.538. The number of benzene rings is 1. The first-order valence-electron chi connectivity index (χ1n) is 5.93. The second kappa shape index (κ2) is 3.97. The van der Waals surface area contributed by atoms with Gasteiger partial charge < -0.3 is 14.7 Å². The number of hydrogen-bond acceptors (Lipinski definition) is 3. The van der Waals surface area contributed by atoms with Crippen molar-refractivity contribution in [2.45, 2.75) is 24.5 Å². The first kappa shape index (κ1) is 11.5. The maximum Gasteiger partial charge on any atom is 0.127 e. The number of ether oxygens (including phenoxy) is 1. The molecule has 0 amide bonds. The number of hydrogen-bond donors (Lipinski definition) is 1. The minimum atomic E-state index is -0.404. The summed E-state index contributed by atoms with van der Waals surface area (Å²) in [6.45, 7) is 1.94. The number of likely N-dealkylation sites (N-methyl/N-ethyl adjacent to an activating group) is 1. The van der Waals surface area contributed by atoms with Crippen molar-refractivity contribution in [2.75, 3.05) is 20.1 Å². The van der Waals surface area contributed by atoms with Gasteiger partial charge in [-0.05, 0) is 19.2 Å². The lowest BCUT2D eigenvalue weighted by Crippen LogP contribution is -2.43. The molecule has 2 heterocycles. The normalized spacial score (nSPS) is 32.5. The third kappa shape index (κ3) is 1.98. The number of rotatable bonds is 0. The van der Waals surface area contributed by atoms with Gasteiger partial charge in [0.2, 0.25) is 0 Å². The molecule has 0 radical (unpaired) electrons. The fourth-order valence-electron chi connectivity index (χ4n) is 2.90. The van der Waals surface area contributed by atoms with Crippen LogP contribution in [-0.4, -0.2) is 35.7 Å². The summed E-state index contributed by atoms with van der Waals surface area (Å²) in [7, 11) is 2.10. The van der Waals surface area contributed by atoms with E-state index in [-0.39, 0.29) is 5.60 Å². The van der Waals surface area contributed by atoms with E-state index in [0.717, 1.165) is 35.3 Å². The van der Waals surface area contributed by atoms with Crippen LogP contribution >= 0.6 is 15.9 Å². The SMILES string of the molecule is CN1CCC2(CC(O)c3ccc(Br)cc3O2)C1. The molecule has 4 heteroatoms. The van der Waals surface area contributed by atoms with E-state index in [4.69, 9.17) is 4.74 Å². The van der Waals surface area contributed by atoms with Crippen molar-refractivity contribution in [3.63, 3.8) is 0 Å². The largest absolute Gasteiger partial charge is 0.485 e. The molecule has 1 spiro atoms. The van der Waals surface area contributed by atoms with Crippen molar-refractivity contribution in [3.8, 4) is 5.75 Å². The van der Waals surface area contributed by atoms with Crippen molar-refractivity contribution < 1.29 is 9.84 Å². The predicted octanol–water partition coefficient (Wildman–Crippen LogP) is 2.34. The lowest BCUT2D eigenvalue weighted by atomic mass is 9.88. The van der Waals surface area contributed by atoms with Crippen molar-refractivity contribution in [1.29, 1.82) is 0 Å². The van der Waals surface area contributed by atoms with Gasteiger partial charge in [-0.1, -0.05) is 22.0 Å². The summed E-state index contributed by atoms with van der Waals surface area (Å²) in [5, 5.41) is 10.3. The molecule has 2 unspecified atom stereocenters. The third-order valence-corrected chi connectivity index (χ3v) is 4.23. The van der Waals surface area contributed by atoms with E-state index in [2.05, 4.69) is 27.9 Å². The zero-order chi connectivity index (χ0) is 12.0. The third-order valence-electron chi connectivity index (χ3n) is 3.73. The van der Waals surface area contributed by atoms with Crippen LogP contribution in [-0.2, 0) is 0 Å². The highest BCUT2D eigenvalue weighted by atomic mass is 79.9. The Labute approximate surface area is 110 Å². The number of fused-ring (bicyclic) bond motifs is 1. The van der Waals surface area contributed by atoms with Gasteiger partial charge in [-0.2, -0.15) is 0 Å². The second-order valence-electron chi connectivity index (χ2n) is 5.17. The summed E-state index contributed by atoms with van der Waals surface area (Å²) in [6, 6.07) is 5.84. The highest BCUT2D eigenvalue weighted by molar-refractivity contribution is 9.10. The maximum atomic E-state index is 10.3. The van der Waals surface area contributed by atoms with Crippen molar-refractivity contribution in [2.24, 2.45) is 0 Å². The smallest absolute Gasteiger partial charge is 0.127 e. The van der Waals surface area contributed by atoms with E-state index in [9.17, 15) is 5.11 Å². The highest BCUT2D eigenvalue weighted by Crippen LogP contribution is 2.44. The molecule has 0 bridgehead atoms. The summed E-state index contributed by atoms with van der Waals surface area (Å²) in [5.74, 6) is 0.827. The van der Waals surface area contributed by atoms with Crippen molar-refractivity contribution in [1.82, 2.24) is 4.90 Å². The molecule has 92 valence electrons. The fourth-order valence-corrected chi connectivity index (χ4v) is 3.24. The Kier molecular flexibility index (Phi) is 2.69. The number of halogens is 1.